The van der Waals surface area contributed by atoms with Gasteiger partial charge in [0.05, 0.1) is 12.3 Å². The molecule has 0 aliphatic rings. The van der Waals surface area contributed by atoms with Gasteiger partial charge in [0.1, 0.15) is 12.1 Å². The summed E-state index contributed by atoms with van der Waals surface area (Å²) in [6.45, 7) is 6.28. The van der Waals surface area contributed by atoms with Crippen LogP contribution >= 0.6 is 11.3 Å². The Morgan fingerprint density at radius 2 is 2.07 bits per heavy atom. The number of aryl methyl sites for hydroxylation is 2. The molecular formula is C21H24N4O3S. The summed E-state index contributed by atoms with van der Waals surface area (Å²) in [5.41, 5.74) is 1.91. The van der Waals surface area contributed by atoms with Crippen molar-refractivity contribution in [3.63, 3.8) is 0 Å². The normalized spacial score (nSPS) is 10.6. The summed E-state index contributed by atoms with van der Waals surface area (Å²) in [7, 11) is 0. The molecule has 0 saturated heterocycles. The Morgan fingerprint density at radius 1 is 1.21 bits per heavy atom. The van der Waals surface area contributed by atoms with Crippen LogP contribution in [0.4, 0.5) is 10.9 Å². The Balaban J connectivity index is 1.83. The fourth-order valence-electron chi connectivity index (χ4n) is 2.85. The maximum Gasteiger partial charge on any atom is 0.272 e. The summed E-state index contributed by atoms with van der Waals surface area (Å²) in [6.07, 6.45) is 4.86. The largest absolute Gasteiger partial charge is 0.490 e. The van der Waals surface area contributed by atoms with E-state index in [-0.39, 0.29) is 12.5 Å². The molecule has 0 aliphatic heterocycles. The molecule has 0 unspecified atom stereocenters. The van der Waals surface area contributed by atoms with Crippen molar-refractivity contribution >= 4 is 28.2 Å². The molecule has 3 aromatic rings. The summed E-state index contributed by atoms with van der Waals surface area (Å²) in [5, 5.41) is 2.43. The van der Waals surface area contributed by atoms with Crippen LogP contribution < -0.4 is 14.4 Å². The lowest BCUT2D eigenvalue weighted by molar-refractivity contribution is -0.119. The number of para-hydroxylation sites is 1. The maximum absolute atomic E-state index is 13.1. The van der Waals surface area contributed by atoms with E-state index in [0.717, 1.165) is 24.1 Å². The van der Waals surface area contributed by atoms with Crippen LogP contribution in [0, 0.1) is 6.92 Å². The molecule has 0 aliphatic carbocycles. The van der Waals surface area contributed by atoms with E-state index in [2.05, 4.69) is 21.9 Å². The Hall–Kier alpha value is -3.00. The number of rotatable bonds is 9. The second-order valence-corrected chi connectivity index (χ2v) is 7.12. The minimum atomic E-state index is -0.276. The highest BCUT2D eigenvalue weighted by Crippen LogP contribution is 2.33. The summed E-state index contributed by atoms with van der Waals surface area (Å²) in [5.74, 6) is 1.43. The van der Waals surface area contributed by atoms with E-state index in [1.807, 2.05) is 37.4 Å². The fraction of sp³-hybridized carbons (Fsp3) is 0.333. The van der Waals surface area contributed by atoms with Crippen LogP contribution in [0.5, 0.6) is 11.5 Å². The Labute approximate surface area is 174 Å². The number of hydrogen-bond donors (Lipinski definition) is 0. The zero-order valence-corrected chi connectivity index (χ0v) is 17.6. The number of carbonyl (C=O) groups is 1. The molecule has 0 spiro atoms. The van der Waals surface area contributed by atoms with E-state index >= 15 is 0 Å². The molecular weight excluding hydrogens is 388 g/mol. The summed E-state index contributed by atoms with van der Waals surface area (Å²) >= 11 is 1.38. The third-order valence-electron chi connectivity index (χ3n) is 4.06. The van der Waals surface area contributed by atoms with E-state index in [1.165, 1.54) is 22.6 Å². The smallest absolute Gasteiger partial charge is 0.272 e. The second-order valence-electron chi connectivity index (χ2n) is 6.28. The number of anilines is 2. The molecule has 0 N–H and O–H groups in total. The van der Waals surface area contributed by atoms with E-state index in [0.29, 0.717) is 29.1 Å². The summed E-state index contributed by atoms with van der Waals surface area (Å²) < 4.78 is 11.7. The van der Waals surface area contributed by atoms with E-state index < -0.39 is 0 Å². The highest BCUT2D eigenvalue weighted by atomic mass is 32.1. The minimum Gasteiger partial charge on any atom is -0.490 e. The highest BCUT2D eigenvalue weighted by Gasteiger charge is 2.23. The van der Waals surface area contributed by atoms with Gasteiger partial charge in [-0.3, -0.25) is 4.79 Å². The average Bonchev–Trinajstić information content (AvgIpc) is 3.15. The van der Waals surface area contributed by atoms with Gasteiger partial charge in [0.25, 0.3) is 5.91 Å². The lowest BCUT2D eigenvalue weighted by Crippen LogP contribution is -2.31. The second kappa shape index (κ2) is 9.97. The molecule has 0 saturated carbocycles. The van der Waals surface area contributed by atoms with Gasteiger partial charge in [-0.2, -0.15) is 0 Å². The molecule has 2 aromatic heterocycles. The van der Waals surface area contributed by atoms with Crippen LogP contribution in [0.25, 0.3) is 0 Å². The molecule has 8 heteroatoms. The van der Waals surface area contributed by atoms with Crippen LogP contribution in [-0.2, 0) is 11.2 Å². The molecule has 0 bridgehead atoms. The molecule has 0 atom stereocenters. The number of ether oxygens (including phenoxy) is 2. The molecule has 7 nitrogen and oxygen atoms in total. The number of thiazole rings is 1. The number of amides is 1. The topological polar surface area (TPSA) is 77.4 Å². The molecule has 29 heavy (non-hydrogen) atoms. The van der Waals surface area contributed by atoms with Crippen LogP contribution in [0.3, 0.4) is 0 Å². The maximum atomic E-state index is 13.1. The lowest BCUT2D eigenvalue weighted by Gasteiger charge is -2.20. The first kappa shape index (κ1) is 20.7. The Kier molecular flexibility index (Phi) is 7.13. The van der Waals surface area contributed by atoms with Crippen molar-refractivity contribution in [2.45, 2.75) is 33.6 Å². The first-order valence-corrected chi connectivity index (χ1v) is 10.4. The van der Waals surface area contributed by atoms with E-state index in [4.69, 9.17) is 9.47 Å². The quantitative estimate of drug-likeness (QED) is 0.520. The zero-order valence-electron chi connectivity index (χ0n) is 16.8. The number of nitrogens with zero attached hydrogens (tertiary/aromatic N) is 4. The monoisotopic (exact) mass is 412 g/mol. The number of carbonyl (C=O) groups excluding carboxylic acids is 1. The van der Waals surface area contributed by atoms with Gasteiger partial charge in [-0.25, -0.2) is 19.9 Å². The van der Waals surface area contributed by atoms with Gasteiger partial charge < -0.3 is 9.47 Å². The van der Waals surface area contributed by atoms with Crippen molar-refractivity contribution in [2.24, 2.45) is 0 Å². The molecule has 1 amide bonds. The third kappa shape index (κ3) is 5.08. The molecule has 3 rings (SSSR count). The number of hydrogen-bond acceptors (Lipinski definition) is 7. The van der Waals surface area contributed by atoms with Crippen LogP contribution in [0.2, 0.25) is 0 Å². The van der Waals surface area contributed by atoms with Gasteiger partial charge in [-0.15, -0.1) is 11.3 Å². The van der Waals surface area contributed by atoms with Gasteiger partial charge in [-0.1, -0.05) is 25.5 Å². The number of benzene rings is 1. The first-order chi connectivity index (χ1) is 14.1. The van der Waals surface area contributed by atoms with Crippen LogP contribution in [-0.4, -0.2) is 34.1 Å². The van der Waals surface area contributed by atoms with Crippen molar-refractivity contribution in [1.29, 1.82) is 0 Å². The van der Waals surface area contributed by atoms with Gasteiger partial charge in [0.2, 0.25) is 0 Å². The third-order valence-corrected chi connectivity index (χ3v) is 5.01. The highest BCUT2D eigenvalue weighted by molar-refractivity contribution is 7.14. The molecule has 152 valence electrons. The first-order valence-electron chi connectivity index (χ1n) is 9.52. The van der Waals surface area contributed by atoms with Crippen molar-refractivity contribution in [3.05, 3.63) is 53.4 Å². The van der Waals surface area contributed by atoms with Crippen LogP contribution in [0.15, 0.2) is 42.2 Å². The van der Waals surface area contributed by atoms with Gasteiger partial charge in [0.15, 0.2) is 23.2 Å². The Morgan fingerprint density at radius 3 is 2.72 bits per heavy atom. The predicted octanol–water partition coefficient (Wildman–Crippen LogP) is 4.34. The molecule has 0 fully saturated rings. The van der Waals surface area contributed by atoms with Gasteiger partial charge >= 0.3 is 0 Å². The Bertz CT molecular complexity index is 946. The van der Waals surface area contributed by atoms with Crippen LogP contribution in [0.1, 0.15) is 31.5 Å². The molecule has 1 aromatic carbocycles. The summed E-state index contributed by atoms with van der Waals surface area (Å²) in [6, 6.07) is 7.43. The fourth-order valence-corrected chi connectivity index (χ4v) is 3.67. The van der Waals surface area contributed by atoms with Crippen molar-refractivity contribution in [3.8, 4) is 11.5 Å². The zero-order chi connectivity index (χ0) is 20.6. The SMILES string of the molecule is CCCc1cccc(OCC(=O)N(c2ccncn2)c2nc(C)cs2)c1OCC. The minimum absolute atomic E-state index is 0.168. The molecule has 2 heterocycles. The van der Waals surface area contributed by atoms with E-state index in [9.17, 15) is 4.79 Å². The summed E-state index contributed by atoms with van der Waals surface area (Å²) in [4.78, 5) is 27.1. The number of aromatic nitrogens is 3. The van der Waals surface area contributed by atoms with Gasteiger partial charge in [0, 0.05) is 11.6 Å². The lowest BCUT2D eigenvalue weighted by atomic mass is 10.1. The van der Waals surface area contributed by atoms with Crippen molar-refractivity contribution in [1.82, 2.24) is 15.0 Å². The van der Waals surface area contributed by atoms with Gasteiger partial charge in [-0.05, 0) is 38.0 Å². The van der Waals surface area contributed by atoms with E-state index in [1.54, 1.807) is 12.3 Å². The molecule has 0 radical (unpaired) electrons. The average molecular weight is 413 g/mol. The van der Waals surface area contributed by atoms with Crippen molar-refractivity contribution in [2.75, 3.05) is 18.1 Å². The standard InChI is InChI=1S/C21H24N4O3S/c1-4-7-16-8-6-9-17(20(16)27-5-2)28-12-19(26)25(18-10-11-22-14-23-18)21-24-15(3)13-29-21/h6,8-11,13-14H,4-5,7,12H2,1-3H3. The van der Waals surface area contributed by atoms with Crippen molar-refractivity contribution < 1.29 is 14.3 Å². The predicted molar refractivity (Wildman–Crippen MR) is 113 cm³/mol.